The minimum Gasteiger partial charge on any atom is -0.337 e. The number of likely N-dealkylation sites (tertiary alicyclic amines) is 1. The maximum Gasteiger partial charge on any atom is 0.255 e. The Balaban J connectivity index is 1.60. The molecule has 1 fully saturated rings. The molecule has 4 heterocycles. The van der Waals surface area contributed by atoms with E-state index < -0.39 is 0 Å². The monoisotopic (exact) mass is 326 g/mol. The van der Waals surface area contributed by atoms with Crippen molar-refractivity contribution < 1.29 is 9.32 Å². The summed E-state index contributed by atoms with van der Waals surface area (Å²) in [6.07, 6.45) is 3.45. The third-order valence-corrected chi connectivity index (χ3v) is 4.59. The Morgan fingerprint density at radius 2 is 2.30 bits per heavy atom. The molecule has 0 aromatic carbocycles. The second-order valence-corrected chi connectivity index (χ2v) is 6.12. The Bertz CT molecular complexity index is 801. The molecule has 3 aromatic heterocycles. The molecule has 0 radical (unpaired) electrons. The van der Waals surface area contributed by atoms with Crippen LogP contribution in [0, 0.1) is 0 Å². The number of rotatable bonds is 3. The topological polar surface area (TPSA) is 72.1 Å². The lowest BCUT2D eigenvalue weighted by atomic mass is 10.2. The van der Waals surface area contributed by atoms with Gasteiger partial charge in [-0.05, 0) is 36.4 Å². The van der Waals surface area contributed by atoms with Crippen molar-refractivity contribution in [1.82, 2.24) is 20.0 Å². The van der Waals surface area contributed by atoms with Crippen LogP contribution in [0.25, 0.3) is 11.5 Å². The largest absolute Gasteiger partial charge is 0.337 e. The fourth-order valence-corrected chi connectivity index (χ4v) is 3.42. The van der Waals surface area contributed by atoms with Crippen molar-refractivity contribution in [2.24, 2.45) is 0 Å². The van der Waals surface area contributed by atoms with E-state index in [0.29, 0.717) is 29.5 Å². The SMILES string of the molecule is O=C(c1ccsc1)N1CCCC1c1nc(-c2ccccn2)no1. The maximum atomic E-state index is 12.6. The minimum absolute atomic E-state index is 0.0198. The molecule has 1 aliphatic rings. The summed E-state index contributed by atoms with van der Waals surface area (Å²) in [4.78, 5) is 23.1. The van der Waals surface area contributed by atoms with Crippen LogP contribution in [0.3, 0.4) is 0 Å². The van der Waals surface area contributed by atoms with Crippen LogP contribution in [0.5, 0.6) is 0 Å². The molecule has 7 heteroatoms. The van der Waals surface area contributed by atoms with Gasteiger partial charge in [-0.25, -0.2) is 0 Å². The van der Waals surface area contributed by atoms with Crippen molar-refractivity contribution in [1.29, 1.82) is 0 Å². The number of nitrogens with zero attached hydrogens (tertiary/aromatic N) is 4. The van der Waals surface area contributed by atoms with E-state index in [2.05, 4.69) is 15.1 Å². The lowest BCUT2D eigenvalue weighted by Gasteiger charge is -2.21. The van der Waals surface area contributed by atoms with Gasteiger partial charge in [0, 0.05) is 18.1 Å². The van der Waals surface area contributed by atoms with Gasteiger partial charge in [0.2, 0.25) is 11.7 Å². The Labute approximate surface area is 136 Å². The molecule has 0 bridgehead atoms. The lowest BCUT2D eigenvalue weighted by molar-refractivity contribution is 0.0710. The number of carbonyl (C=O) groups excluding carboxylic acids is 1. The zero-order valence-electron chi connectivity index (χ0n) is 12.3. The average molecular weight is 326 g/mol. The Morgan fingerprint density at radius 1 is 1.35 bits per heavy atom. The van der Waals surface area contributed by atoms with Crippen LogP contribution < -0.4 is 0 Å². The fraction of sp³-hybridized carbons (Fsp3) is 0.250. The van der Waals surface area contributed by atoms with E-state index in [9.17, 15) is 4.79 Å². The summed E-state index contributed by atoms with van der Waals surface area (Å²) in [7, 11) is 0. The van der Waals surface area contributed by atoms with E-state index in [1.807, 2.05) is 39.9 Å². The molecule has 0 spiro atoms. The summed E-state index contributed by atoms with van der Waals surface area (Å²) >= 11 is 1.52. The van der Waals surface area contributed by atoms with E-state index in [0.717, 1.165) is 12.8 Å². The van der Waals surface area contributed by atoms with Gasteiger partial charge in [-0.3, -0.25) is 9.78 Å². The lowest BCUT2D eigenvalue weighted by Crippen LogP contribution is -2.30. The highest BCUT2D eigenvalue weighted by molar-refractivity contribution is 7.08. The fourth-order valence-electron chi connectivity index (χ4n) is 2.79. The van der Waals surface area contributed by atoms with Crippen LogP contribution in [0.15, 0.2) is 45.7 Å². The van der Waals surface area contributed by atoms with Crippen molar-refractivity contribution >= 4 is 17.2 Å². The first-order valence-electron chi connectivity index (χ1n) is 7.41. The van der Waals surface area contributed by atoms with Gasteiger partial charge in [0.05, 0.1) is 5.56 Å². The molecule has 1 amide bonds. The number of hydrogen-bond acceptors (Lipinski definition) is 6. The first-order chi connectivity index (χ1) is 11.3. The zero-order valence-corrected chi connectivity index (χ0v) is 13.1. The normalized spacial score (nSPS) is 17.6. The minimum atomic E-state index is -0.160. The summed E-state index contributed by atoms with van der Waals surface area (Å²) in [6, 6.07) is 7.23. The van der Waals surface area contributed by atoms with Gasteiger partial charge in [-0.1, -0.05) is 11.2 Å². The molecular weight excluding hydrogens is 312 g/mol. The van der Waals surface area contributed by atoms with Crippen molar-refractivity contribution in [2.45, 2.75) is 18.9 Å². The van der Waals surface area contributed by atoms with Crippen molar-refractivity contribution in [3.63, 3.8) is 0 Å². The predicted molar refractivity (Wildman–Crippen MR) is 84.9 cm³/mol. The zero-order chi connectivity index (χ0) is 15.6. The summed E-state index contributed by atoms with van der Waals surface area (Å²) in [5.74, 6) is 0.952. The molecule has 116 valence electrons. The summed E-state index contributed by atoms with van der Waals surface area (Å²) in [5.41, 5.74) is 1.38. The second kappa shape index (κ2) is 5.92. The molecule has 0 saturated carbocycles. The van der Waals surface area contributed by atoms with Gasteiger partial charge in [0.15, 0.2) is 0 Å². The molecule has 1 saturated heterocycles. The number of thiophene rings is 1. The smallest absolute Gasteiger partial charge is 0.255 e. The first-order valence-corrected chi connectivity index (χ1v) is 8.35. The molecule has 0 aliphatic carbocycles. The molecule has 3 aromatic rings. The first kappa shape index (κ1) is 14.1. The van der Waals surface area contributed by atoms with Crippen molar-refractivity contribution in [2.75, 3.05) is 6.54 Å². The van der Waals surface area contributed by atoms with Crippen LogP contribution in [-0.4, -0.2) is 32.5 Å². The summed E-state index contributed by atoms with van der Waals surface area (Å²) in [5, 5.41) is 7.78. The molecule has 23 heavy (non-hydrogen) atoms. The van der Waals surface area contributed by atoms with Crippen LogP contribution in [0.2, 0.25) is 0 Å². The van der Waals surface area contributed by atoms with Crippen LogP contribution >= 0.6 is 11.3 Å². The molecule has 6 nitrogen and oxygen atoms in total. The van der Waals surface area contributed by atoms with Crippen molar-refractivity contribution in [3.05, 3.63) is 52.7 Å². The van der Waals surface area contributed by atoms with Crippen molar-refractivity contribution in [3.8, 4) is 11.5 Å². The number of pyridine rings is 1. The van der Waals surface area contributed by atoms with Crippen LogP contribution in [0.4, 0.5) is 0 Å². The van der Waals surface area contributed by atoms with Gasteiger partial charge in [-0.2, -0.15) is 16.3 Å². The van der Waals surface area contributed by atoms with E-state index in [-0.39, 0.29) is 11.9 Å². The molecular formula is C16H14N4O2S. The van der Waals surface area contributed by atoms with Crippen LogP contribution in [0.1, 0.15) is 35.1 Å². The Kier molecular flexibility index (Phi) is 3.63. The number of amides is 1. The second-order valence-electron chi connectivity index (χ2n) is 5.34. The number of hydrogen-bond donors (Lipinski definition) is 0. The molecule has 1 aliphatic heterocycles. The van der Waals surface area contributed by atoms with E-state index >= 15 is 0 Å². The summed E-state index contributed by atoms with van der Waals surface area (Å²) < 4.78 is 5.41. The van der Waals surface area contributed by atoms with E-state index in [1.54, 1.807) is 6.20 Å². The third-order valence-electron chi connectivity index (χ3n) is 3.90. The molecule has 4 rings (SSSR count). The predicted octanol–water partition coefficient (Wildman–Crippen LogP) is 3.17. The van der Waals surface area contributed by atoms with E-state index in [4.69, 9.17) is 4.52 Å². The standard InChI is InChI=1S/C16H14N4O2S/c21-16(11-6-9-23-10-11)20-8-3-5-13(20)15-18-14(19-22-15)12-4-1-2-7-17-12/h1-2,4,6-7,9-10,13H,3,5,8H2. The van der Waals surface area contributed by atoms with Gasteiger partial charge in [-0.15, -0.1) is 0 Å². The third kappa shape index (κ3) is 2.63. The summed E-state index contributed by atoms with van der Waals surface area (Å²) in [6.45, 7) is 0.709. The van der Waals surface area contributed by atoms with Gasteiger partial charge >= 0.3 is 0 Å². The molecule has 1 unspecified atom stereocenters. The number of carbonyl (C=O) groups is 1. The quantitative estimate of drug-likeness (QED) is 0.739. The molecule has 1 atom stereocenters. The Morgan fingerprint density at radius 3 is 3.09 bits per heavy atom. The highest BCUT2D eigenvalue weighted by Gasteiger charge is 2.34. The maximum absolute atomic E-state index is 12.6. The highest BCUT2D eigenvalue weighted by Crippen LogP contribution is 2.33. The van der Waals surface area contributed by atoms with Gasteiger partial charge in [0.25, 0.3) is 5.91 Å². The Hall–Kier alpha value is -2.54. The van der Waals surface area contributed by atoms with Crippen LogP contribution in [-0.2, 0) is 0 Å². The average Bonchev–Trinajstić information content (AvgIpc) is 3.35. The molecule has 0 N–H and O–H groups in total. The van der Waals surface area contributed by atoms with Gasteiger partial charge in [0.1, 0.15) is 11.7 Å². The number of aromatic nitrogens is 3. The highest BCUT2D eigenvalue weighted by atomic mass is 32.1. The van der Waals surface area contributed by atoms with E-state index in [1.165, 1.54) is 11.3 Å². The van der Waals surface area contributed by atoms with Gasteiger partial charge < -0.3 is 9.42 Å².